The van der Waals surface area contributed by atoms with Crippen molar-refractivity contribution in [2.24, 2.45) is 0 Å². The molecule has 1 amide bonds. The Bertz CT molecular complexity index is 981. The Hall–Kier alpha value is -2.60. The van der Waals surface area contributed by atoms with Crippen molar-refractivity contribution in [2.45, 2.75) is 58.0 Å². The van der Waals surface area contributed by atoms with Gasteiger partial charge in [0.15, 0.2) is 5.16 Å². The Labute approximate surface area is 196 Å². The average molecular weight is 451 g/mol. The topological polar surface area (TPSA) is 51.0 Å². The van der Waals surface area contributed by atoms with Gasteiger partial charge in [-0.05, 0) is 43.4 Å². The molecule has 0 spiro atoms. The Morgan fingerprint density at radius 2 is 1.66 bits per heavy atom. The number of carbonyl (C=O) groups excluding carboxylic acids is 1. The summed E-state index contributed by atoms with van der Waals surface area (Å²) >= 11 is 1.68. The maximum atomic E-state index is 12.6. The summed E-state index contributed by atoms with van der Waals surface area (Å²) in [4.78, 5) is 14.6. The first-order valence-electron chi connectivity index (χ1n) is 11.6. The van der Waals surface area contributed by atoms with Crippen LogP contribution >= 0.6 is 11.8 Å². The Morgan fingerprint density at radius 1 is 0.969 bits per heavy atom. The first kappa shape index (κ1) is 24.1. The van der Waals surface area contributed by atoms with Crippen LogP contribution in [-0.4, -0.2) is 44.4 Å². The van der Waals surface area contributed by atoms with Crippen LogP contribution in [0.4, 0.5) is 0 Å². The van der Waals surface area contributed by atoms with Gasteiger partial charge in [0.05, 0.1) is 5.69 Å². The van der Waals surface area contributed by atoms with Gasteiger partial charge in [-0.3, -0.25) is 9.36 Å². The summed E-state index contributed by atoms with van der Waals surface area (Å²) in [6.45, 7) is 8.06. The number of hydrogen-bond acceptors (Lipinski definition) is 4. The lowest BCUT2D eigenvalue weighted by Gasteiger charge is -2.21. The fourth-order valence-corrected chi connectivity index (χ4v) is 4.69. The second-order valence-electron chi connectivity index (χ2n) is 8.02. The summed E-state index contributed by atoms with van der Waals surface area (Å²) in [5, 5.41) is 9.94. The van der Waals surface area contributed by atoms with E-state index in [0.717, 1.165) is 61.2 Å². The summed E-state index contributed by atoms with van der Waals surface area (Å²) in [5.74, 6) is 2.04. The van der Waals surface area contributed by atoms with Gasteiger partial charge in [-0.1, -0.05) is 74.1 Å². The molecule has 32 heavy (non-hydrogen) atoms. The molecule has 0 bridgehead atoms. The van der Waals surface area contributed by atoms with E-state index in [1.165, 1.54) is 11.1 Å². The van der Waals surface area contributed by atoms with Gasteiger partial charge in [0, 0.05) is 31.7 Å². The van der Waals surface area contributed by atoms with Crippen molar-refractivity contribution in [1.82, 2.24) is 19.7 Å². The van der Waals surface area contributed by atoms with Crippen LogP contribution in [0.5, 0.6) is 0 Å². The molecule has 0 aliphatic carbocycles. The van der Waals surface area contributed by atoms with Crippen molar-refractivity contribution in [3.8, 4) is 5.69 Å². The number of amides is 1. The smallest absolute Gasteiger partial charge is 0.222 e. The van der Waals surface area contributed by atoms with E-state index in [1.54, 1.807) is 11.8 Å². The van der Waals surface area contributed by atoms with Crippen LogP contribution in [0, 0.1) is 6.92 Å². The number of carbonyl (C=O) groups is 1. The third kappa shape index (κ3) is 6.45. The van der Waals surface area contributed by atoms with Crippen molar-refractivity contribution in [2.75, 3.05) is 18.8 Å². The van der Waals surface area contributed by atoms with Gasteiger partial charge < -0.3 is 4.90 Å². The van der Waals surface area contributed by atoms with Crippen molar-refractivity contribution in [1.29, 1.82) is 0 Å². The molecule has 5 nitrogen and oxygen atoms in total. The predicted molar refractivity (Wildman–Crippen MR) is 132 cm³/mol. The molecule has 0 N–H and O–H groups in total. The van der Waals surface area contributed by atoms with Gasteiger partial charge >= 0.3 is 0 Å². The first-order valence-corrected chi connectivity index (χ1v) is 12.6. The zero-order valence-corrected chi connectivity index (χ0v) is 20.3. The summed E-state index contributed by atoms with van der Waals surface area (Å²) in [5.41, 5.74) is 3.51. The minimum Gasteiger partial charge on any atom is -0.343 e. The average Bonchev–Trinajstić information content (AvgIpc) is 3.19. The minimum atomic E-state index is 0.263. The summed E-state index contributed by atoms with van der Waals surface area (Å²) in [6.07, 6.45) is 4.16. The van der Waals surface area contributed by atoms with E-state index < -0.39 is 0 Å². The molecule has 0 radical (unpaired) electrons. The lowest BCUT2D eigenvalue weighted by Crippen LogP contribution is -2.32. The monoisotopic (exact) mass is 450 g/mol. The van der Waals surface area contributed by atoms with Crippen LogP contribution in [-0.2, 0) is 11.2 Å². The highest BCUT2D eigenvalue weighted by Gasteiger charge is 2.17. The molecule has 1 heterocycles. The van der Waals surface area contributed by atoms with Crippen molar-refractivity contribution in [3.63, 3.8) is 0 Å². The van der Waals surface area contributed by atoms with E-state index in [9.17, 15) is 4.79 Å². The Balaban J connectivity index is 1.71. The zero-order chi connectivity index (χ0) is 22.8. The van der Waals surface area contributed by atoms with E-state index >= 15 is 0 Å². The molecule has 0 aliphatic rings. The number of para-hydroxylation sites is 1. The van der Waals surface area contributed by atoms with Crippen LogP contribution in [0.1, 0.15) is 56.5 Å². The van der Waals surface area contributed by atoms with E-state index in [0.29, 0.717) is 6.42 Å². The van der Waals surface area contributed by atoms with E-state index in [-0.39, 0.29) is 5.91 Å². The van der Waals surface area contributed by atoms with Crippen molar-refractivity contribution in [3.05, 3.63) is 71.5 Å². The van der Waals surface area contributed by atoms with E-state index in [4.69, 9.17) is 0 Å². The first-order chi connectivity index (χ1) is 15.6. The van der Waals surface area contributed by atoms with Gasteiger partial charge in [0.25, 0.3) is 0 Å². The van der Waals surface area contributed by atoms with E-state index in [1.807, 2.05) is 11.0 Å². The van der Waals surface area contributed by atoms with Crippen LogP contribution in [0.15, 0.2) is 59.8 Å². The second kappa shape index (κ2) is 12.4. The Kier molecular flexibility index (Phi) is 9.35. The molecular weight excluding hydrogens is 416 g/mol. The van der Waals surface area contributed by atoms with Gasteiger partial charge in [-0.15, -0.1) is 10.2 Å². The largest absolute Gasteiger partial charge is 0.343 e. The molecule has 3 rings (SSSR count). The standard InChI is InChI=1S/C26H34N4OS/c1-4-17-29(18-5-2)25(31)16-11-19-32-26-28-27-24(20-22-13-7-6-8-14-22)30(26)23-15-10-9-12-21(23)3/h6-10,12-15H,4-5,11,16-20H2,1-3H3. The third-order valence-electron chi connectivity index (χ3n) is 5.37. The highest BCUT2D eigenvalue weighted by Crippen LogP contribution is 2.26. The molecule has 0 unspecified atom stereocenters. The molecule has 1 aromatic heterocycles. The number of hydrogen-bond donors (Lipinski definition) is 0. The second-order valence-corrected chi connectivity index (χ2v) is 9.08. The lowest BCUT2D eigenvalue weighted by molar-refractivity contribution is -0.131. The molecule has 6 heteroatoms. The molecular formula is C26H34N4OS. The van der Waals surface area contributed by atoms with Crippen LogP contribution in [0.2, 0.25) is 0 Å². The maximum Gasteiger partial charge on any atom is 0.222 e. The third-order valence-corrected chi connectivity index (χ3v) is 6.38. The number of nitrogens with zero attached hydrogens (tertiary/aromatic N) is 4. The molecule has 170 valence electrons. The number of benzene rings is 2. The Morgan fingerprint density at radius 3 is 2.34 bits per heavy atom. The molecule has 0 atom stereocenters. The zero-order valence-electron chi connectivity index (χ0n) is 19.5. The van der Waals surface area contributed by atoms with Crippen molar-refractivity contribution >= 4 is 17.7 Å². The molecule has 2 aromatic carbocycles. The fourth-order valence-electron chi connectivity index (χ4n) is 3.79. The quantitative estimate of drug-likeness (QED) is 0.263. The van der Waals surface area contributed by atoms with Crippen LogP contribution in [0.3, 0.4) is 0 Å². The number of rotatable bonds is 12. The molecule has 0 aliphatic heterocycles. The predicted octanol–water partition coefficient (Wildman–Crippen LogP) is 5.69. The minimum absolute atomic E-state index is 0.263. The highest BCUT2D eigenvalue weighted by molar-refractivity contribution is 7.99. The lowest BCUT2D eigenvalue weighted by atomic mass is 10.1. The molecule has 0 fully saturated rings. The van der Waals surface area contributed by atoms with Gasteiger partial charge in [-0.2, -0.15) is 0 Å². The molecule has 3 aromatic rings. The molecule has 0 saturated carbocycles. The maximum absolute atomic E-state index is 12.6. The summed E-state index contributed by atoms with van der Waals surface area (Å²) in [7, 11) is 0. The SMILES string of the molecule is CCCN(CCC)C(=O)CCCSc1nnc(Cc2ccccc2)n1-c1ccccc1C. The fraction of sp³-hybridized carbons (Fsp3) is 0.423. The van der Waals surface area contributed by atoms with Gasteiger partial charge in [0.2, 0.25) is 5.91 Å². The van der Waals surface area contributed by atoms with Crippen molar-refractivity contribution < 1.29 is 4.79 Å². The van der Waals surface area contributed by atoms with Gasteiger partial charge in [0.1, 0.15) is 5.82 Å². The normalized spacial score (nSPS) is 11.0. The molecule has 0 saturated heterocycles. The van der Waals surface area contributed by atoms with Gasteiger partial charge in [-0.25, -0.2) is 0 Å². The summed E-state index contributed by atoms with van der Waals surface area (Å²) in [6, 6.07) is 18.7. The number of thioether (sulfide) groups is 1. The van der Waals surface area contributed by atoms with E-state index in [2.05, 4.69) is 84.1 Å². The van der Waals surface area contributed by atoms with Crippen LogP contribution < -0.4 is 0 Å². The highest BCUT2D eigenvalue weighted by atomic mass is 32.2. The van der Waals surface area contributed by atoms with Crippen LogP contribution in [0.25, 0.3) is 5.69 Å². The number of aryl methyl sites for hydroxylation is 1. The number of aromatic nitrogens is 3. The summed E-state index contributed by atoms with van der Waals surface area (Å²) < 4.78 is 2.18.